The van der Waals surface area contributed by atoms with Gasteiger partial charge in [0.05, 0.1) is 18.6 Å². The van der Waals surface area contributed by atoms with E-state index in [2.05, 4.69) is 15.3 Å². The molecule has 1 aromatic rings. The van der Waals surface area contributed by atoms with Crippen molar-refractivity contribution >= 4 is 21.6 Å². The molecule has 1 unspecified atom stereocenters. The average molecular weight is 258 g/mol. The fourth-order valence-electron chi connectivity index (χ4n) is 1.74. The third-order valence-electron chi connectivity index (χ3n) is 2.51. The zero-order valence-corrected chi connectivity index (χ0v) is 10.2. The van der Waals surface area contributed by atoms with E-state index < -0.39 is 9.84 Å². The standard InChI is InChI=1S/C9H14N4O3S/c1-16-8-4-7(12-9(10)13-8)11-6-2-3-17(14,15)5-6/h4,6H,2-3,5H2,1H3,(H3,10,11,12,13). The van der Waals surface area contributed by atoms with Crippen molar-refractivity contribution < 1.29 is 13.2 Å². The van der Waals surface area contributed by atoms with E-state index in [1.54, 1.807) is 6.07 Å². The molecule has 0 spiro atoms. The molecule has 2 rings (SSSR count). The van der Waals surface area contributed by atoms with Crippen molar-refractivity contribution in [3.63, 3.8) is 0 Å². The number of hydrogen-bond donors (Lipinski definition) is 2. The van der Waals surface area contributed by atoms with Gasteiger partial charge in [0.15, 0.2) is 9.84 Å². The number of nitrogen functional groups attached to an aromatic ring is 1. The van der Waals surface area contributed by atoms with Crippen LogP contribution in [0.2, 0.25) is 0 Å². The van der Waals surface area contributed by atoms with E-state index in [1.165, 1.54) is 7.11 Å². The van der Waals surface area contributed by atoms with Crippen molar-refractivity contribution in [3.8, 4) is 5.88 Å². The molecule has 0 aliphatic carbocycles. The molecule has 7 nitrogen and oxygen atoms in total. The molecule has 2 heterocycles. The Morgan fingerprint density at radius 1 is 1.53 bits per heavy atom. The number of methoxy groups -OCH3 is 1. The van der Waals surface area contributed by atoms with Crippen LogP contribution in [0.25, 0.3) is 0 Å². The van der Waals surface area contributed by atoms with E-state index in [0.717, 1.165) is 0 Å². The fourth-order valence-corrected chi connectivity index (χ4v) is 3.41. The number of hydrogen-bond acceptors (Lipinski definition) is 7. The Bertz CT molecular complexity index is 517. The first-order chi connectivity index (χ1) is 7.98. The van der Waals surface area contributed by atoms with Crippen LogP contribution >= 0.6 is 0 Å². The van der Waals surface area contributed by atoms with Gasteiger partial charge in [0.25, 0.3) is 0 Å². The van der Waals surface area contributed by atoms with Gasteiger partial charge in [-0.3, -0.25) is 0 Å². The molecule has 3 N–H and O–H groups in total. The normalized spacial score (nSPS) is 22.3. The second-order valence-corrected chi connectivity index (χ2v) is 6.13. The van der Waals surface area contributed by atoms with E-state index in [4.69, 9.17) is 10.5 Å². The van der Waals surface area contributed by atoms with Gasteiger partial charge in [-0.25, -0.2) is 8.42 Å². The zero-order chi connectivity index (χ0) is 12.5. The third kappa shape index (κ3) is 2.96. The van der Waals surface area contributed by atoms with Gasteiger partial charge < -0.3 is 15.8 Å². The summed E-state index contributed by atoms with van der Waals surface area (Å²) >= 11 is 0. The molecule has 1 aromatic heterocycles. The smallest absolute Gasteiger partial charge is 0.225 e. The summed E-state index contributed by atoms with van der Waals surface area (Å²) in [5.74, 6) is 1.26. The molecule has 0 radical (unpaired) electrons. The molecular formula is C9H14N4O3S. The third-order valence-corrected chi connectivity index (χ3v) is 4.28. The highest BCUT2D eigenvalue weighted by Crippen LogP contribution is 2.19. The summed E-state index contributed by atoms with van der Waals surface area (Å²) in [5.41, 5.74) is 5.50. The summed E-state index contributed by atoms with van der Waals surface area (Å²) in [6, 6.07) is 1.46. The van der Waals surface area contributed by atoms with Crippen LogP contribution in [0.15, 0.2) is 6.07 Å². The lowest BCUT2D eigenvalue weighted by atomic mass is 10.2. The van der Waals surface area contributed by atoms with Gasteiger partial charge in [-0.05, 0) is 6.42 Å². The number of aromatic nitrogens is 2. The van der Waals surface area contributed by atoms with Crippen LogP contribution in [-0.2, 0) is 9.84 Å². The molecule has 8 heteroatoms. The predicted molar refractivity (Wildman–Crippen MR) is 63.7 cm³/mol. The summed E-state index contributed by atoms with van der Waals surface area (Å²) in [5, 5.41) is 3.02. The maximum atomic E-state index is 11.3. The first kappa shape index (κ1) is 11.9. The number of nitrogens with two attached hydrogens (primary N) is 1. The molecular weight excluding hydrogens is 244 g/mol. The van der Waals surface area contributed by atoms with E-state index in [1.807, 2.05) is 0 Å². The van der Waals surface area contributed by atoms with Gasteiger partial charge in [0.1, 0.15) is 5.82 Å². The maximum absolute atomic E-state index is 11.3. The molecule has 0 aromatic carbocycles. The fraction of sp³-hybridized carbons (Fsp3) is 0.556. The summed E-state index contributed by atoms with van der Waals surface area (Å²) in [7, 11) is -1.43. The average Bonchev–Trinajstić information content (AvgIpc) is 2.57. The van der Waals surface area contributed by atoms with E-state index in [9.17, 15) is 8.42 Å². The van der Waals surface area contributed by atoms with Crippen LogP contribution in [0.3, 0.4) is 0 Å². The van der Waals surface area contributed by atoms with Crippen LogP contribution in [0.1, 0.15) is 6.42 Å². The summed E-state index contributed by atoms with van der Waals surface area (Å²) < 4.78 is 27.5. The van der Waals surface area contributed by atoms with E-state index >= 15 is 0 Å². The molecule has 94 valence electrons. The highest BCUT2D eigenvalue weighted by atomic mass is 32.2. The highest BCUT2D eigenvalue weighted by molar-refractivity contribution is 7.91. The summed E-state index contributed by atoms with van der Waals surface area (Å²) in [6.45, 7) is 0. The number of ether oxygens (including phenoxy) is 1. The monoisotopic (exact) mass is 258 g/mol. The lowest BCUT2D eigenvalue weighted by Gasteiger charge is -2.12. The molecule has 1 fully saturated rings. The van der Waals surface area contributed by atoms with Gasteiger partial charge in [-0.15, -0.1) is 0 Å². The Morgan fingerprint density at radius 2 is 2.29 bits per heavy atom. The molecule has 1 aliphatic rings. The quantitative estimate of drug-likeness (QED) is 0.764. The molecule has 1 aliphatic heterocycles. The Labute approximate surface area is 99.3 Å². The Morgan fingerprint density at radius 3 is 2.88 bits per heavy atom. The van der Waals surface area contributed by atoms with Crippen LogP contribution in [0.5, 0.6) is 5.88 Å². The molecule has 0 saturated carbocycles. The number of rotatable bonds is 3. The van der Waals surface area contributed by atoms with Crippen LogP contribution in [0, 0.1) is 0 Å². The lowest BCUT2D eigenvalue weighted by molar-refractivity contribution is 0.398. The van der Waals surface area contributed by atoms with Crippen molar-refractivity contribution in [2.24, 2.45) is 0 Å². The first-order valence-corrected chi connectivity index (χ1v) is 6.96. The van der Waals surface area contributed by atoms with E-state index in [-0.39, 0.29) is 23.5 Å². The Kier molecular flexibility index (Phi) is 3.05. The minimum absolute atomic E-state index is 0.0905. The topological polar surface area (TPSA) is 107 Å². The van der Waals surface area contributed by atoms with Crippen molar-refractivity contribution in [2.75, 3.05) is 29.7 Å². The number of nitrogens with zero attached hydrogens (tertiary/aromatic N) is 2. The Balaban J connectivity index is 2.11. The van der Waals surface area contributed by atoms with Gasteiger partial charge >= 0.3 is 0 Å². The van der Waals surface area contributed by atoms with Crippen LogP contribution in [-0.4, -0.2) is 43.0 Å². The van der Waals surface area contributed by atoms with Gasteiger partial charge in [-0.2, -0.15) is 9.97 Å². The van der Waals surface area contributed by atoms with Gasteiger partial charge in [0.2, 0.25) is 11.8 Å². The number of nitrogens with one attached hydrogen (secondary N) is 1. The van der Waals surface area contributed by atoms with Crippen LogP contribution in [0.4, 0.5) is 11.8 Å². The summed E-state index contributed by atoms with van der Waals surface area (Å²) in [4.78, 5) is 7.82. The zero-order valence-electron chi connectivity index (χ0n) is 9.38. The highest BCUT2D eigenvalue weighted by Gasteiger charge is 2.28. The maximum Gasteiger partial charge on any atom is 0.225 e. The van der Waals surface area contributed by atoms with Gasteiger partial charge in [0, 0.05) is 12.1 Å². The van der Waals surface area contributed by atoms with Crippen molar-refractivity contribution in [1.29, 1.82) is 0 Å². The number of sulfone groups is 1. The van der Waals surface area contributed by atoms with Crippen molar-refractivity contribution in [3.05, 3.63) is 6.07 Å². The van der Waals surface area contributed by atoms with E-state index in [0.29, 0.717) is 18.1 Å². The van der Waals surface area contributed by atoms with Crippen molar-refractivity contribution in [1.82, 2.24) is 9.97 Å². The molecule has 17 heavy (non-hydrogen) atoms. The summed E-state index contributed by atoms with van der Waals surface area (Å²) in [6.07, 6.45) is 0.578. The second kappa shape index (κ2) is 4.36. The second-order valence-electron chi connectivity index (χ2n) is 3.90. The van der Waals surface area contributed by atoms with Crippen LogP contribution < -0.4 is 15.8 Å². The Hall–Kier alpha value is -1.57. The first-order valence-electron chi connectivity index (χ1n) is 5.14. The SMILES string of the molecule is COc1cc(NC2CCS(=O)(=O)C2)nc(N)n1. The largest absolute Gasteiger partial charge is 0.481 e. The molecule has 1 atom stereocenters. The predicted octanol–water partition coefficient (Wildman–Crippen LogP) is -0.334. The molecule has 1 saturated heterocycles. The minimum atomic E-state index is -2.91. The minimum Gasteiger partial charge on any atom is -0.481 e. The van der Waals surface area contributed by atoms with Crippen molar-refractivity contribution in [2.45, 2.75) is 12.5 Å². The lowest BCUT2D eigenvalue weighted by Crippen LogP contribution is -2.21. The molecule has 0 amide bonds. The number of anilines is 2. The van der Waals surface area contributed by atoms with Gasteiger partial charge in [-0.1, -0.05) is 0 Å². The molecule has 0 bridgehead atoms.